The van der Waals surface area contributed by atoms with Crippen molar-refractivity contribution in [2.24, 2.45) is 35.5 Å². The van der Waals surface area contributed by atoms with Gasteiger partial charge in [0, 0.05) is 0 Å². The van der Waals surface area contributed by atoms with Crippen molar-refractivity contribution in [3.63, 3.8) is 0 Å². The van der Waals surface area contributed by atoms with Crippen LogP contribution in [0.3, 0.4) is 0 Å². The minimum Gasteiger partial charge on any atom is -0.491 e. The molecular weight excluding hydrogens is 490 g/mol. The molecule has 2 atom stereocenters. The third-order valence-corrected chi connectivity index (χ3v) is 11.3. The fourth-order valence-corrected chi connectivity index (χ4v) is 8.86. The summed E-state index contributed by atoms with van der Waals surface area (Å²) in [6, 6.07) is 3.34. The average molecular weight is 543 g/mol. The molecule has 3 aliphatic carbocycles. The number of hydrogen-bond acceptors (Lipinski definition) is 2. The van der Waals surface area contributed by atoms with Crippen molar-refractivity contribution in [1.29, 1.82) is 0 Å². The Morgan fingerprint density at radius 2 is 1.36 bits per heavy atom. The summed E-state index contributed by atoms with van der Waals surface area (Å²) >= 11 is 0. The summed E-state index contributed by atoms with van der Waals surface area (Å²) in [6.45, 7) is 6.92. The predicted molar refractivity (Wildman–Crippen MR) is 155 cm³/mol. The maximum Gasteiger partial charge on any atom is 0.200 e. The zero-order chi connectivity index (χ0) is 27.2. The van der Waals surface area contributed by atoms with E-state index in [2.05, 4.69) is 12.7 Å². The van der Waals surface area contributed by atoms with Gasteiger partial charge in [-0.2, -0.15) is 4.39 Å². The van der Waals surface area contributed by atoms with Crippen molar-refractivity contribution in [2.45, 2.75) is 122 Å². The fourth-order valence-electron chi connectivity index (χ4n) is 8.86. The van der Waals surface area contributed by atoms with Crippen LogP contribution in [0.25, 0.3) is 0 Å². The molecule has 218 valence electrons. The first-order valence-electron chi connectivity index (χ1n) is 16.4. The number of ether oxygens (including phenoxy) is 2. The zero-order valence-corrected chi connectivity index (χ0v) is 24.4. The smallest absolute Gasteiger partial charge is 0.200 e. The highest BCUT2D eigenvalue weighted by molar-refractivity contribution is 5.33. The maximum absolute atomic E-state index is 14.7. The molecule has 1 aromatic carbocycles. The minimum atomic E-state index is -0.830. The summed E-state index contributed by atoms with van der Waals surface area (Å²) in [5, 5.41) is 0. The molecule has 0 aromatic heterocycles. The van der Waals surface area contributed by atoms with E-state index >= 15 is 0 Å². The second-order valence-corrected chi connectivity index (χ2v) is 13.4. The van der Waals surface area contributed by atoms with Crippen LogP contribution >= 0.6 is 0 Å². The summed E-state index contributed by atoms with van der Waals surface area (Å²) < 4.78 is 41.0. The Bertz CT molecular complexity index is 899. The van der Waals surface area contributed by atoms with E-state index in [9.17, 15) is 8.78 Å². The molecule has 0 bridgehead atoms. The molecule has 3 saturated carbocycles. The molecule has 39 heavy (non-hydrogen) atoms. The molecule has 1 saturated heterocycles. The largest absolute Gasteiger partial charge is 0.491 e. The first-order chi connectivity index (χ1) is 19.1. The summed E-state index contributed by atoms with van der Waals surface area (Å²) in [4.78, 5) is 0. The lowest BCUT2D eigenvalue weighted by Gasteiger charge is -2.43. The second kappa shape index (κ2) is 14.0. The van der Waals surface area contributed by atoms with Crippen LogP contribution in [0.4, 0.5) is 8.78 Å². The summed E-state index contributed by atoms with van der Waals surface area (Å²) in [6.07, 6.45) is 23.0. The minimum absolute atomic E-state index is 0.0249. The molecule has 0 N–H and O–H groups in total. The highest BCUT2D eigenvalue weighted by Crippen LogP contribution is 2.46. The first kappa shape index (κ1) is 29.1. The third-order valence-electron chi connectivity index (χ3n) is 11.3. The maximum atomic E-state index is 14.7. The van der Waals surface area contributed by atoms with Gasteiger partial charge in [0.1, 0.15) is 0 Å². The van der Waals surface area contributed by atoms with Gasteiger partial charge in [0.05, 0.1) is 19.3 Å². The van der Waals surface area contributed by atoms with Crippen LogP contribution in [0.5, 0.6) is 5.75 Å². The van der Waals surface area contributed by atoms with Crippen LogP contribution < -0.4 is 4.74 Å². The van der Waals surface area contributed by atoms with Crippen LogP contribution in [-0.4, -0.2) is 19.3 Å². The predicted octanol–water partition coefficient (Wildman–Crippen LogP) is 10.0. The summed E-state index contributed by atoms with van der Waals surface area (Å²) in [5.74, 6) is 3.55. The lowest BCUT2D eigenvalue weighted by molar-refractivity contribution is -0.0750. The number of hydrogen-bond donors (Lipinski definition) is 0. The van der Waals surface area contributed by atoms with Crippen molar-refractivity contribution in [1.82, 2.24) is 0 Å². The quantitative estimate of drug-likeness (QED) is 0.289. The van der Waals surface area contributed by atoms with Crippen LogP contribution in [0, 0.1) is 47.1 Å². The summed E-state index contributed by atoms with van der Waals surface area (Å²) in [7, 11) is 0. The van der Waals surface area contributed by atoms with E-state index < -0.39 is 11.6 Å². The highest BCUT2D eigenvalue weighted by atomic mass is 19.2. The lowest BCUT2D eigenvalue weighted by atomic mass is 9.67. The van der Waals surface area contributed by atoms with Gasteiger partial charge in [0.15, 0.2) is 11.6 Å². The third kappa shape index (κ3) is 7.08. The molecule has 4 fully saturated rings. The van der Waals surface area contributed by atoms with E-state index in [0.29, 0.717) is 30.1 Å². The van der Waals surface area contributed by atoms with Gasteiger partial charge in [0.2, 0.25) is 5.82 Å². The molecule has 1 aromatic rings. The monoisotopic (exact) mass is 542 g/mol. The van der Waals surface area contributed by atoms with E-state index in [1.807, 2.05) is 0 Å². The van der Waals surface area contributed by atoms with E-state index in [0.717, 1.165) is 56.0 Å². The van der Waals surface area contributed by atoms with Crippen molar-refractivity contribution >= 4 is 0 Å². The van der Waals surface area contributed by atoms with Crippen LogP contribution in [0.1, 0.15) is 121 Å². The molecule has 1 aliphatic heterocycles. The topological polar surface area (TPSA) is 18.5 Å². The molecule has 0 radical (unpaired) electrons. The Morgan fingerprint density at radius 1 is 0.769 bits per heavy atom. The van der Waals surface area contributed by atoms with E-state index in [4.69, 9.17) is 9.47 Å². The van der Waals surface area contributed by atoms with Gasteiger partial charge in [0.25, 0.3) is 0 Å². The Labute approximate surface area is 236 Å². The Kier molecular flexibility index (Phi) is 10.4. The molecule has 5 rings (SSSR count). The van der Waals surface area contributed by atoms with Crippen molar-refractivity contribution in [3.8, 4) is 5.75 Å². The van der Waals surface area contributed by atoms with E-state index in [-0.39, 0.29) is 11.7 Å². The molecular formula is C35H52F2O2. The van der Waals surface area contributed by atoms with Crippen molar-refractivity contribution < 1.29 is 18.3 Å². The van der Waals surface area contributed by atoms with Gasteiger partial charge in [-0.1, -0.05) is 25.0 Å². The Hall–Kier alpha value is -1.42. The van der Waals surface area contributed by atoms with Crippen LogP contribution in [0.2, 0.25) is 0 Å². The van der Waals surface area contributed by atoms with Gasteiger partial charge in [-0.05, 0) is 150 Å². The van der Waals surface area contributed by atoms with Crippen molar-refractivity contribution in [3.05, 3.63) is 42.0 Å². The molecule has 2 nitrogen and oxygen atoms in total. The zero-order valence-electron chi connectivity index (χ0n) is 24.4. The Balaban J connectivity index is 1.02. The van der Waals surface area contributed by atoms with Crippen LogP contribution in [-0.2, 0) is 4.74 Å². The normalized spacial score (nSPS) is 35.9. The molecule has 0 amide bonds. The number of allylic oxidation sites excluding steroid dienone is 1. The van der Waals surface area contributed by atoms with Gasteiger partial charge in [-0.15, -0.1) is 6.58 Å². The van der Waals surface area contributed by atoms with Crippen LogP contribution in [0.15, 0.2) is 24.8 Å². The second-order valence-electron chi connectivity index (χ2n) is 13.4. The highest BCUT2D eigenvalue weighted by Gasteiger charge is 2.37. The Morgan fingerprint density at radius 3 is 1.97 bits per heavy atom. The summed E-state index contributed by atoms with van der Waals surface area (Å²) in [5.41, 5.74) is 0.533. The van der Waals surface area contributed by atoms with E-state index in [1.54, 1.807) is 19.1 Å². The standard InChI is InChI=1S/C35H52F2O2/c1-3-5-6-24-7-9-25(10-8-24)26-13-17-29(18-14-26)32-21-19-30(23-39-32)27-11-15-28(16-12-27)31-20-22-33(38-4-2)35(37)34(31)36/h3,20,22,24-30,32H,1,4-19,21,23H2,2H3. The van der Waals surface area contributed by atoms with E-state index in [1.165, 1.54) is 77.0 Å². The average Bonchev–Trinajstić information content (AvgIpc) is 2.99. The molecule has 2 unspecified atom stereocenters. The molecule has 1 heterocycles. The van der Waals surface area contributed by atoms with Gasteiger partial charge < -0.3 is 9.47 Å². The number of rotatable bonds is 9. The number of benzene rings is 1. The van der Waals surface area contributed by atoms with Crippen molar-refractivity contribution in [2.75, 3.05) is 13.2 Å². The molecule has 0 spiro atoms. The number of halogens is 2. The molecule has 4 aliphatic rings. The van der Waals surface area contributed by atoms with Gasteiger partial charge in [-0.25, -0.2) is 4.39 Å². The van der Waals surface area contributed by atoms with Gasteiger partial charge in [-0.3, -0.25) is 0 Å². The van der Waals surface area contributed by atoms with Gasteiger partial charge >= 0.3 is 0 Å². The fraction of sp³-hybridized carbons (Fsp3) is 0.771. The first-order valence-corrected chi connectivity index (χ1v) is 16.4. The lowest BCUT2D eigenvalue weighted by Crippen LogP contribution is -2.37. The SMILES string of the molecule is C=CCCC1CCC(C2CCC(C3CCC(C4CCC(c5ccc(OCC)c(F)c5F)CC4)CO3)CC2)CC1. The molecule has 4 heteroatoms.